The average molecular weight is 361 g/mol. The third-order valence-corrected chi connectivity index (χ3v) is 4.67. The van der Waals surface area contributed by atoms with E-state index in [2.05, 4.69) is 10.6 Å². The van der Waals surface area contributed by atoms with Crippen LogP contribution >= 0.6 is 11.6 Å². The summed E-state index contributed by atoms with van der Waals surface area (Å²) in [5.74, 6) is 1.73. The molecule has 0 fully saturated rings. The first-order valence-electron chi connectivity index (χ1n) is 8.16. The molecule has 2 aromatic rings. The van der Waals surface area contributed by atoms with E-state index in [1.165, 1.54) is 11.1 Å². The Hall–Kier alpha value is -2.40. The highest BCUT2D eigenvalue weighted by Gasteiger charge is 2.25. The van der Waals surface area contributed by atoms with E-state index in [1.807, 2.05) is 12.1 Å². The number of amides is 2. The first-order chi connectivity index (χ1) is 12.1. The average Bonchev–Trinajstić information content (AvgIpc) is 3.00. The summed E-state index contributed by atoms with van der Waals surface area (Å²) in [6.45, 7) is 0.564. The van der Waals surface area contributed by atoms with E-state index in [4.69, 9.17) is 21.1 Å². The lowest BCUT2D eigenvalue weighted by atomic mass is 10.0. The maximum Gasteiger partial charge on any atom is 0.319 e. The first-order valence-corrected chi connectivity index (χ1v) is 8.53. The van der Waals surface area contributed by atoms with Gasteiger partial charge < -0.3 is 20.1 Å². The summed E-state index contributed by atoms with van der Waals surface area (Å²) in [5.41, 5.74) is 3.13. The van der Waals surface area contributed by atoms with Crippen molar-refractivity contribution < 1.29 is 14.3 Å². The number of halogens is 1. The van der Waals surface area contributed by atoms with E-state index in [-0.39, 0.29) is 11.9 Å². The molecule has 1 aliphatic rings. The van der Waals surface area contributed by atoms with Gasteiger partial charge in [-0.2, -0.15) is 0 Å². The van der Waals surface area contributed by atoms with Gasteiger partial charge in [0, 0.05) is 23.2 Å². The fourth-order valence-corrected chi connectivity index (χ4v) is 3.38. The molecule has 1 aliphatic carbocycles. The number of rotatable bonds is 5. The highest BCUT2D eigenvalue weighted by atomic mass is 35.5. The Balaban J connectivity index is 1.63. The summed E-state index contributed by atoms with van der Waals surface area (Å²) in [4.78, 5) is 12.1. The van der Waals surface area contributed by atoms with Crippen molar-refractivity contribution in [3.8, 4) is 11.5 Å². The molecule has 0 bridgehead atoms. The molecule has 1 unspecified atom stereocenters. The minimum Gasteiger partial charge on any atom is -0.493 e. The van der Waals surface area contributed by atoms with E-state index in [0.29, 0.717) is 17.3 Å². The number of carbonyl (C=O) groups excluding carboxylic acids is 1. The van der Waals surface area contributed by atoms with Crippen LogP contribution in [-0.2, 0) is 6.42 Å². The quantitative estimate of drug-likeness (QED) is 0.839. The van der Waals surface area contributed by atoms with Gasteiger partial charge in [0.25, 0.3) is 0 Å². The van der Waals surface area contributed by atoms with Gasteiger partial charge in [0.2, 0.25) is 0 Å². The molecule has 25 heavy (non-hydrogen) atoms. The van der Waals surface area contributed by atoms with Crippen LogP contribution < -0.4 is 20.1 Å². The van der Waals surface area contributed by atoms with Gasteiger partial charge in [0.15, 0.2) is 11.5 Å². The number of anilines is 1. The topological polar surface area (TPSA) is 59.6 Å². The third kappa shape index (κ3) is 3.99. The van der Waals surface area contributed by atoms with E-state index in [1.54, 1.807) is 38.5 Å². The molecule has 0 heterocycles. The lowest BCUT2D eigenvalue weighted by molar-refractivity contribution is 0.251. The number of ether oxygens (including phenoxy) is 2. The fraction of sp³-hybridized carbons (Fsp3) is 0.316. The minimum absolute atomic E-state index is 0.240. The molecular weight excluding hydrogens is 340 g/mol. The fourth-order valence-electron chi connectivity index (χ4n) is 3.19. The Bertz CT molecular complexity index is 779. The third-order valence-electron chi connectivity index (χ3n) is 4.44. The molecule has 5 nitrogen and oxygen atoms in total. The maximum atomic E-state index is 12.1. The Morgan fingerprint density at radius 1 is 1.20 bits per heavy atom. The number of methoxy groups -OCH3 is 2. The molecule has 0 radical (unpaired) electrons. The molecule has 2 N–H and O–H groups in total. The Labute approximate surface area is 152 Å². The molecule has 3 rings (SSSR count). The first kappa shape index (κ1) is 17.4. The Morgan fingerprint density at radius 3 is 2.68 bits per heavy atom. The number of urea groups is 1. The molecular formula is C19H21ClN2O3. The van der Waals surface area contributed by atoms with Crippen molar-refractivity contribution in [2.24, 2.45) is 0 Å². The molecule has 0 aliphatic heterocycles. The monoisotopic (exact) mass is 360 g/mol. The van der Waals surface area contributed by atoms with E-state index in [9.17, 15) is 4.79 Å². The zero-order valence-corrected chi connectivity index (χ0v) is 15.0. The number of hydrogen-bond acceptors (Lipinski definition) is 3. The van der Waals surface area contributed by atoms with Gasteiger partial charge in [-0.05, 0) is 54.3 Å². The molecule has 6 heteroatoms. The van der Waals surface area contributed by atoms with Gasteiger partial charge in [-0.25, -0.2) is 4.79 Å². The SMILES string of the molecule is COc1cc2c(cc1OC)C(CNC(=O)Nc1cccc(Cl)c1)CC2. The van der Waals surface area contributed by atoms with Crippen LogP contribution in [0.2, 0.25) is 5.02 Å². The Morgan fingerprint density at radius 2 is 1.96 bits per heavy atom. The van der Waals surface area contributed by atoms with Crippen LogP contribution in [-0.4, -0.2) is 26.8 Å². The summed E-state index contributed by atoms with van der Waals surface area (Å²) in [6.07, 6.45) is 1.96. The molecule has 2 amide bonds. The number of benzene rings is 2. The second-order valence-corrected chi connectivity index (χ2v) is 6.42. The Kier molecular flexibility index (Phi) is 5.34. The van der Waals surface area contributed by atoms with Crippen molar-refractivity contribution >= 4 is 23.3 Å². The highest BCUT2D eigenvalue weighted by molar-refractivity contribution is 6.30. The van der Waals surface area contributed by atoms with Gasteiger partial charge in [-0.1, -0.05) is 17.7 Å². The predicted molar refractivity (Wildman–Crippen MR) is 99.1 cm³/mol. The predicted octanol–water partition coefficient (Wildman–Crippen LogP) is 4.21. The molecule has 0 spiro atoms. The second kappa shape index (κ2) is 7.66. The zero-order chi connectivity index (χ0) is 17.8. The highest BCUT2D eigenvalue weighted by Crippen LogP contribution is 2.40. The van der Waals surface area contributed by atoms with Gasteiger partial charge in [0.1, 0.15) is 0 Å². The number of nitrogens with one attached hydrogen (secondary N) is 2. The molecule has 0 aromatic heterocycles. The largest absolute Gasteiger partial charge is 0.493 e. The minimum atomic E-state index is -0.240. The number of fused-ring (bicyclic) bond motifs is 1. The molecule has 2 aromatic carbocycles. The van der Waals surface area contributed by atoms with Crippen LogP contribution in [0, 0.1) is 0 Å². The molecule has 132 valence electrons. The standard InChI is InChI=1S/C19H21ClN2O3/c1-24-17-8-12-6-7-13(16(12)10-18(17)25-2)11-21-19(23)22-15-5-3-4-14(20)9-15/h3-5,8-10,13H,6-7,11H2,1-2H3,(H2,21,22,23). The molecule has 0 saturated heterocycles. The van der Waals surface area contributed by atoms with Gasteiger partial charge >= 0.3 is 6.03 Å². The lowest BCUT2D eigenvalue weighted by Gasteiger charge is -2.16. The summed E-state index contributed by atoms with van der Waals surface area (Å²) >= 11 is 5.92. The van der Waals surface area contributed by atoms with Crippen LogP contribution in [0.15, 0.2) is 36.4 Å². The number of carbonyl (C=O) groups is 1. The van der Waals surface area contributed by atoms with Crippen molar-refractivity contribution in [1.29, 1.82) is 0 Å². The smallest absolute Gasteiger partial charge is 0.319 e. The van der Waals surface area contributed by atoms with Crippen molar-refractivity contribution in [3.63, 3.8) is 0 Å². The van der Waals surface area contributed by atoms with Gasteiger partial charge in [-0.15, -0.1) is 0 Å². The summed E-state index contributed by atoms with van der Waals surface area (Å²) in [6, 6.07) is 10.9. The lowest BCUT2D eigenvalue weighted by Crippen LogP contribution is -2.31. The van der Waals surface area contributed by atoms with Gasteiger partial charge in [0.05, 0.1) is 14.2 Å². The number of hydrogen-bond donors (Lipinski definition) is 2. The van der Waals surface area contributed by atoms with Crippen molar-refractivity contribution in [2.45, 2.75) is 18.8 Å². The van der Waals surface area contributed by atoms with Crippen LogP contribution in [0.3, 0.4) is 0 Å². The summed E-state index contributed by atoms with van der Waals surface area (Å²) in [5, 5.41) is 6.31. The normalized spacial score (nSPS) is 15.4. The van der Waals surface area contributed by atoms with E-state index < -0.39 is 0 Å². The van der Waals surface area contributed by atoms with Gasteiger partial charge in [-0.3, -0.25) is 0 Å². The van der Waals surface area contributed by atoms with Crippen LogP contribution in [0.25, 0.3) is 0 Å². The zero-order valence-electron chi connectivity index (χ0n) is 14.3. The summed E-state index contributed by atoms with van der Waals surface area (Å²) in [7, 11) is 3.27. The van der Waals surface area contributed by atoms with Crippen LogP contribution in [0.5, 0.6) is 11.5 Å². The number of aryl methyl sites for hydroxylation is 1. The van der Waals surface area contributed by atoms with Crippen molar-refractivity contribution in [2.75, 3.05) is 26.1 Å². The van der Waals surface area contributed by atoms with Crippen LogP contribution in [0.4, 0.5) is 10.5 Å². The second-order valence-electron chi connectivity index (χ2n) is 5.99. The van der Waals surface area contributed by atoms with Crippen molar-refractivity contribution in [1.82, 2.24) is 5.32 Å². The molecule has 1 atom stereocenters. The van der Waals surface area contributed by atoms with E-state index >= 15 is 0 Å². The molecule has 0 saturated carbocycles. The van der Waals surface area contributed by atoms with E-state index in [0.717, 1.165) is 24.3 Å². The van der Waals surface area contributed by atoms with Crippen molar-refractivity contribution in [3.05, 3.63) is 52.5 Å². The van der Waals surface area contributed by atoms with Crippen LogP contribution in [0.1, 0.15) is 23.5 Å². The maximum absolute atomic E-state index is 12.1. The summed E-state index contributed by atoms with van der Waals surface area (Å²) < 4.78 is 10.7.